The van der Waals surface area contributed by atoms with E-state index in [2.05, 4.69) is 52.1 Å². The SMILES string of the molecule is CCN(CC)c1nc(N)nc(Nc2c(Br)cccc2Br)n1. The molecule has 0 aliphatic carbocycles. The third-order valence-electron chi connectivity index (χ3n) is 2.89. The molecule has 0 amide bonds. The van der Waals surface area contributed by atoms with Crippen molar-refractivity contribution in [2.24, 2.45) is 0 Å². The van der Waals surface area contributed by atoms with Crippen molar-refractivity contribution in [3.63, 3.8) is 0 Å². The van der Waals surface area contributed by atoms with E-state index in [9.17, 15) is 0 Å². The van der Waals surface area contributed by atoms with Crippen molar-refractivity contribution in [3.8, 4) is 0 Å². The number of nitrogens with zero attached hydrogens (tertiary/aromatic N) is 4. The summed E-state index contributed by atoms with van der Waals surface area (Å²) in [5, 5.41) is 3.16. The van der Waals surface area contributed by atoms with E-state index < -0.39 is 0 Å². The van der Waals surface area contributed by atoms with Crippen LogP contribution in [0.5, 0.6) is 0 Å². The van der Waals surface area contributed by atoms with Gasteiger partial charge in [0.25, 0.3) is 0 Å². The van der Waals surface area contributed by atoms with Gasteiger partial charge in [-0.05, 0) is 57.8 Å². The Balaban J connectivity index is 2.36. The summed E-state index contributed by atoms with van der Waals surface area (Å²) in [6, 6.07) is 5.80. The molecule has 8 heteroatoms. The minimum Gasteiger partial charge on any atom is -0.368 e. The molecular weight excluding hydrogens is 400 g/mol. The number of para-hydroxylation sites is 1. The van der Waals surface area contributed by atoms with Gasteiger partial charge in [-0.2, -0.15) is 15.0 Å². The van der Waals surface area contributed by atoms with E-state index in [0.717, 1.165) is 27.7 Å². The molecule has 0 unspecified atom stereocenters. The normalized spacial score (nSPS) is 10.5. The second-order valence-electron chi connectivity index (χ2n) is 4.21. The number of nitrogen functional groups attached to an aromatic ring is 1. The lowest BCUT2D eigenvalue weighted by Crippen LogP contribution is -2.25. The van der Waals surface area contributed by atoms with Gasteiger partial charge in [0, 0.05) is 22.0 Å². The van der Waals surface area contributed by atoms with Gasteiger partial charge in [0.2, 0.25) is 17.8 Å². The summed E-state index contributed by atoms with van der Waals surface area (Å²) in [5.74, 6) is 1.17. The number of hydrogen-bond donors (Lipinski definition) is 2. The molecule has 6 nitrogen and oxygen atoms in total. The van der Waals surface area contributed by atoms with Gasteiger partial charge in [-0.25, -0.2) is 0 Å². The number of rotatable bonds is 5. The van der Waals surface area contributed by atoms with Gasteiger partial charge < -0.3 is 16.0 Å². The molecule has 0 aliphatic heterocycles. The van der Waals surface area contributed by atoms with Crippen LogP contribution < -0.4 is 16.0 Å². The smallest absolute Gasteiger partial charge is 0.233 e. The number of nitrogens with one attached hydrogen (secondary N) is 1. The van der Waals surface area contributed by atoms with E-state index in [1.165, 1.54) is 0 Å². The van der Waals surface area contributed by atoms with Crippen LogP contribution in [-0.2, 0) is 0 Å². The fourth-order valence-corrected chi connectivity index (χ4v) is 3.01. The monoisotopic (exact) mass is 414 g/mol. The molecule has 0 aliphatic rings. The first kappa shape index (κ1) is 16.0. The van der Waals surface area contributed by atoms with Crippen molar-refractivity contribution >= 4 is 55.4 Å². The number of aromatic nitrogens is 3. The van der Waals surface area contributed by atoms with Crippen LogP contribution in [0.1, 0.15) is 13.8 Å². The molecule has 0 bridgehead atoms. The first-order chi connectivity index (χ1) is 10.0. The van der Waals surface area contributed by atoms with Gasteiger partial charge >= 0.3 is 0 Å². The van der Waals surface area contributed by atoms with Gasteiger partial charge in [0.05, 0.1) is 5.69 Å². The van der Waals surface area contributed by atoms with Gasteiger partial charge in [-0.1, -0.05) is 6.07 Å². The van der Waals surface area contributed by atoms with Crippen LogP contribution in [0, 0.1) is 0 Å². The van der Waals surface area contributed by atoms with Crippen molar-refractivity contribution in [2.45, 2.75) is 13.8 Å². The van der Waals surface area contributed by atoms with Crippen molar-refractivity contribution < 1.29 is 0 Å². The number of anilines is 4. The molecule has 0 saturated heterocycles. The lowest BCUT2D eigenvalue weighted by molar-refractivity contribution is 0.816. The van der Waals surface area contributed by atoms with E-state index in [1.54, 1.807) is 0 Å². The number of nitrogens with two attached hydrogens (primary N) is 1. The zero-order valence-corrected chi connectivity index (χ0v) is 14.9. The zero-order chi connectivity index (χ0) is 15.4. The Morgan fingerprint density at radius 3 is 2.29 bits per heavy atom. The van der Waals surface area contributed by atoms with Crippen LogP contribution in [0.25, 0.3) is 0 Å². The van der Waals surface area contributed by atoms with E-state index in [-0.39, 0.29) is 5.95 Å². The highest BCUT2D eigenvalue weighted by Gasteiger charge is 2.12. The van der Waals surface area contributed by atoms with E-state index in [4.69, 9.17) is 5.73 Å². The molecule has 1 heterocycles. The average Bonchev–Trinajstić information content (AvgIpc) is 2.44. The molecule has 112 valence electrons. The lowest BCUT2D eigenvalue weighted by atomic mass is 10.3. The van der Waals surface area contributed by atoms with E-state index >= 15 is 0 Å². The molecule has 1 aromatic heterocycles. The summed E-state index contributed by atoms with van der Waals surface area (Å²) in [4.78, 5) is 14.8. The van der Waals surface area contributed by atoms with Crippen molar-refractivity contribution in [1.29, 1.82) is 0 Å². The van der Waals surface area contributed by atoms with E-state index in [1.807, 2.05) is 36.9 Å². The second kappa shape index (κ2) is 7.04. The molecule has 3 N–H and O–H groups in total. The summed E-state index contributed by atoms with van der Waals surface area (Å²) in [6.07, 6.45) is 0. The van der Waals surface area contributed by atoms with Crippen LogP contribution in [0.2, 0.25) is 0 Å². The maximum absolute atomic E-state index is 5.78. The number of halogens is 2. The molecule has 0 atom stereocenters. The number of benzene rings is 1. The van der Waals surface area contributed by atoms with Crippen LogP contribution in [-0.4, -0.2) is 28.0 Å². The Kier molecular flexibility index (Phi) is 5.35. The molecule has 1 aromatic carbocycles. The maximum Gasteiger partial charge on any atom is 0.233 e. The first-order valence-corrected chi connectivity index (χ1v) is 8.11. The van der Waals surface area contributed by atoms with Crippen LogP contribution >= 0.6 is 31.9 Å². The highest BCUT2D eigenvalue weighted by molar-refractivity contribution is 9.11. The van der Waals surface area contributed by atoms with Gasteiger partial charge in [0.1, 0.15) is 0 Å². The highest BCUT2D eigenvalue weighted by Crippen LogP contribution is 2.32. The topological polar surface area (TPSA) is 80.0 Å². The molecule has 0 radical (unpaired) electrons. The predicted octanol–water partition coefficient (Wildman–Crippen LogP) is 3.57. The van der Waals surface area contributed by atoms with E-state index in [0.29, 0.717) is 11.9 Å². The summed E-state index contributed by atoms with van der Waals surface area (Å²) in [7, 11) is 0. The van der Waals surface area contributed by atoms with Crippen LogP contribution in [0.15, 0.2) is 27.1 Å². The minimum absolute atomic E-state index is 0.192. The van der Waals surface area contributed by atoms with Crippen molar-refractivity contribution in [3.05, 3.63) is 27.1 Å². The Morgan fingerprint density at radius 2 is 1.71 bits per heavy atom. The molecule has 0 spiro atoms. The summed E-state index contributed by atoms with van der Waals surface area (Å²) in [6.45, 7) is 5.69. The maximum atomic E-state index is 5.78. The van der Waals surface area contributed by atoms with Gasteiger partial charge in [0.15, 0.2) is 0 Å². The quantitative estimate of drug-likeness (QED) is 0.776. The fourth-order valence-electron chi connectivity index (χ4n) is 1.81. The third kappa shape index (κ3) is 3.82. The standard InChI is InChI=1S/C13H16Br2N6/c1-3-21(4-2)13-19-11(16)18-12(20-13)17-10-8(14)6-5-7-9(10)15/h5-7H,3-4H2,1-2H3,(H3,16,17,18,19,20). The summed E-state index contributed by atoms with van der Waals surface area (Å²) in [5.41, 5.74) is 6.63. The molecular formula is C13H16Br2N6. The van der Waals surface area contributed by atoms with Crippen molar-refractivity contribution in [2.75, 3.05) is 29.0 Å². The largest absolute Gasteiger partial charge is 0.368 e. The van der Waals surface area contributed by atoms with Crippen molar-refractivity contribution in [1.82, 2.24) is 15.0 Å². The molecule has 0 fully saturated rings. The zero-order valence-electron chi connectivity index (χ0n) is 11.8. The highest BCUT2D eigenvalue weighted by atomic mass is 79.9. The fraction of sp³-hybridized carbons (Fsp3) is 0.308. The van der Waals surface area contributed by atoms with Crippen LogP contribution in [0.3, 0.4) is 0 Å². The average molecular weight is 416 g/mol. The summed E-state index contributed by atoms with van der Waals surface area (Å²) >= 11 is 6.99. The molecule has 2 rings (SSSR count). The second-order valence-corrected chi connectivity index (χ2v) is 5.92. The molecule has 21 heavy (non-hydrogen) atoms. The first-order valence-electron chi connectivity index (χ1n) is 6.52. The Hall–Kier alpha value is -1.41. The van der Waals surface area contributed by atoms with Gasteiger partial charge in [-0.3, -0.25) is 0 Å². The summed E-state index contributed by atoms with van der Waals surface area (Å²) < 4.78 is 1.81. The Morgan fingerprint density at radius 1 is 1.10 bits per heavy atom. The Bertz CT molecular complexity index is 610. The molecule has 2 aromatic rings. The third-order valence-corrected chi connectivity index (χ3v) is 4.21. The van der Waals surface area contributed by atoms with Crippen LogP contribution in [0.4, 0.5) is 23.5 Å². The molecule has 0 saturated carbocycles. The predicted molar refractivity (Wildman–Crippen MR) is 92.9 cm³/mol. The Labute approximate surface area is 140 Å². The number of hydrogen-bond acceptors (Lipinski definition) is 6. The minimum atomic E-state index is 0.192. The lowest BCUT2D eigenvalue weighted by Gasteiger charge is -2.19. The van der Waals surface area contributed by atoms with Gasteiger partial charge in [-0.15, -0.1) is 0 Å².